The summed E-state index contributed by atoms with van der Waals surface area (Å²) in [7, 11) is 0. The summed E-state index contributed by atoms with van der Waals surface area (Å²) < 4.78 is 6.16. The van der Waals surface area contributed by atoms with Gasteiger partial charge in [-0.1, -0.05) is 0 Å². The van der Waals surface area contributed by atoms with Gasteiger partial charge in [-0.3, -0.25) is 19.1 Å². The molecule has 18 heavy (non-hydrogen) atoms. The minimum Gasteiger partial charge on any atom is -0.501 e. The van der Waals surface area contributed by atoms with Crippen molar-refractivity contribution in [1.29, 1.82) is 0 Å². The molecule has 0 spiro atoms. The minimum atomic E-state index is -0.499. The average Bonchev–Trinajstić information content (AvgIpc) is 2.32. The predicted molar refractivity (Wildman–Crippen MR) is 65.1 cm³/mol. The third-order valence-electron chi connectivity index (χ3n) is 2.03. The molecule has 1 rings (SSSR count). The highest BCUT2D eigenvalue weighted by Crippen LogP contribution is 1.79. The van der Waals surface area contributed by atoms with E-state index in [2.05, 4.69) is 10.3 Å². The Hall–Kier alpha value is -2.31. The zero-order valence-electron chi connectivity index (χ0n) is 10.0. The molecule has 0 unspecified atom stereocenters. The fourth-order valence-electron chi connectivity index (χ4n) is 1.18. The number of nitrogens with one attached hydrogen (secondary N) is 2. The van der Waals surface area contributed by atoms with Gasteiger partial charge in [-0.15, -0.1) is 0 Å². The number of carbonyl (C=O) groups excluding carboxylic acids is 1. The average molecular weight is 253 g/mol. The summed E-state index contributed by atoms with van der Waals surface area (Å²) >= 11 is 0. The molecule has 0 aliphatic heterocycles. The van der Waals surface area contributed by atoms with Gasteiger partial charge in [0.25, 0.3) is 5.56 Å². The van der Waals surface area contributed by atoms with Gasteiger partial charge in [0.15, 0.2) is 0 Å². The molecule has 1 aromatic heterocycles. The first-order valence-electron chi connectivity index (χ1n) is 5.49. The molecule has 98 valence electrons. The highest BCUT2D eigenvalue weighted by molar-refractivity contribution is 5.87. The lowest BCUT2D eigenvalue weighted by atomic mass is 10.5. The van der Waals surface area contributed by atoms with E-state index < -0.39 is 11.2 Å². The number of nitrogens with zero attached hydrogens (tertiary/aromatic N) is 1. The normalized spacial score (nSPS) is 10.5. The van der Waals surface area contributed by atoms with Gasteiger partial charge < -0.3 is 10.1 Å². The van der Waals surface area contributed by atoms with E-state index in [0.29, 0.717) is 6.61 Å². The number of carbonyl (C=O) groups is 1. The van der Waals surface area contributed by atoms with E-state index in [4.69, 9.17) is 4.74 Å². The topological polar surface area (TPSA) is 93.2 Å². The molecule has 1 amide bonds. The van der Waals surface area contributed by atoms with Crippen LogP contribution in [0.15, 0.2) is 34.2 Å². The third kappa shape index (κ3) is 4.69. The largest absolute Gasteiger partial charge is 0.501 e. The number of aromatic nitrogens is 2. The molecule has 0 saturated carbocycles. The van der Waals surface area contributed by atoms with Crippen LogP contribution in [0.2, 0.25) is 0 Å². The summed E-state index contributed by atoms with van der Waals surface area (Å²) in [5.74, 6) is -0.305. The second kappa shape index (κ2) is 7.10. The van der Waals surface area contributed by atoms with Crippen molar-refractivity contribution in [1.82, 2.24) is 14.9 Å². The number of rotatable bonds is 6. The van der Waals surface area contributed by atoms with Crippen molar-refractivity contribution in [3.63, 3.8) is 0 Å². The Bertz CT molecular complexity index is 530. The first-order valence-corrected chi connectivity index (χ1v) is 5.49. The van der Waals surface area contributed by atoms with Crippen molar-refractivity contribution in [2.24, 2.45) is 0 Å². The van der Waals surface area contributed by atoms with Crippen LogP contribution in [-0.2, 0) is 16.1 Å². The van der Waals surface area contributed by atoms with Crippen molar-refractivity contribution in [2.75, 3.05) is 13.2 Å². The quantitative estimate of drug-likeness (QED) is 0.513. The predicted octanol–water partition coefficient (Wildman–Crippen LogP) is -0.797. The van der Waals surface area contributed by atoms with E-state index in [-0.39, 0.29) is 19.0 Å². The lowest BCUT2D eigenvalue weighted by Gasteiger charge is -2.04. The molecule has 1 aromatic rings. The Morgan fingerprint density at radius 1 is 1.56 bits per heavy atom. The molecular formula is C11H15N3O4. The minimum absolute atomic E-state index is 0.279. The summed E-state index contributed by atoms with van der Waals surface area (Å²) in [4.78, 5) is 35.4. The molecule has 0 aromatic carbocycles. The fraction of sp³-hybridized carbons (Fsp3) is 0.364. The van der Waals surface area contributed by atoms with Crippen molar-refractivity contribution in [3.05, 3.63) is 45.4 Å². The molecular weight excluding hydrogens is 238 g/mol. The highest BCUT2D eigenvalue weighted by atomic mass is 16.5. The van der Waals surface area contributed by atoms with E-state index in [1.807, 2.05) is 6.92 Å². The van der Waals surface area contributed by atoms with Crippen LogP contribution in [-0.4, -0.2) is 28.6 Å². The van der Waals surface area contributed by atoms with Crippen LogP contribution in [0, 0.1) is 0 Å². The summed E-state index contributed by atoms with van der Waals surface area (Å²) in [6.45, 7) is 2.87. The Balaban J connectivity index is 2.40. The SMILES string of the molecule is CCO/C=C/C(=O)NCCn1ccc(=O)[nH]c1=O. The first-order chi connectivity index (χ1) is 8.63. The molecule has 0 atom stereocenters. The maximum atomic E-state index is 11.3. The van der Waals surface area contributed by atoms with E-state index in [1.54, 1.807) is 0 Å². The van der Waals surface area contributed by atoms with Gasteiger partial charge in [0.1, 0.15) is 0 Å². The zero-order chi connectivity index (χ0) is 13.4. The van der Waals surface area contributed by atoms with Crippen molar-refractivity contribution in [3.8, 4) is 0 Å². The van der Waals surface area contributed by atoms with Crippen LogP contribution in [0.25, 0.3) is 0 Å². The molecule has 7 nitrogen and oxygen atoms in total. The van der Waals surface area contributed by atoms with Crippen molar-refractivity contribution >= 4 is 5.91 Å². The molecule has 7 heteroatoms. The summed E-state index contributed by atoms with van der Waals surface area (Å²) in [6.07, 6.45) is 3.95. The third-order valence-corrected chi connectivity index (χ3v) is 2.03. The van der Waals surface area contributed by atoms with Crippen LogP contribution in [0.5, 0.6) is 0 Å². The Morgan fingerprint density at radius 3 is 3.00 bits per heavy atom. The van der Waals surface area contributed by atoms with E-state index >= 15 is 0 Å². The molecule has 0 saturated heterocycles. The fourth-order valence-corrected chi connectivity index (χ4v) is 1.18. The van der Waals surface area contributed by atoms with Crippen molar-refractivity contribution in [2.45, 2.75) is 13.5 Å². The Kier molecular flexibility index (Phi) is 5.43. The number of hydrogen-bond acceptors (Lipinski definition) is 4. The van der Waals surface area contributed by atoms with Gasteiger partial charge in [0.2, 0.25) is 5.91 Å². The van der Waals surface area contributed by atoms with E-state index in [1.165, 1.54) is 29.2 Å². The summed E-state index contributed by atoms with van der Waals surface area (Å²) in [5.41, 5.74) is -0.943. The second-order valence-corrected chi connectivity index (χ2v) is 3.35. The second-order valence-electron chi connectivity index (χ2n) is 3.35. The van der Waals surface area contributed by atoms with Gasteiger partial charge in [-0.2, -0.15) is 0 Å². The molecule has 0 bridgehead atoms. The van der Waals surface area contributed by atoms with Crippen LogP contribution in [0.3, 0.4) is 0 Å². The molecule has 0 fully saturated rings. The molecule has 0 aliphatic carbocycles. The summed E-state index contributed by atoms with van der Waals surface area (Å²) in [5, 5.41) is 2.57. The molecule has 2 N–H and O–H groups in total. The standard InChI is InChI=1S/C11H15N3O4/c1-2-18-8-4-9(15)12-5-7-14-6-3-10(16)13-11(14)17/h3-4,6,8H,2,5,7H2,1H3,(H,12,15)(H,13,16,17)/b8-4+. The number of aromatic amines is 1. The van der Waals surface area contributed by atoms with Gasteiger partial charge in [-0.05, 0) is 6.92 Å². The van der Waals surface area contributed by atoms with Crippen LogP contribution >= 0.6 is 0 Å². The monoisotopic (exact) mass is 253 g/mol. The van der Waals surface area contributed by atoms with Gasteiger partial charge >= 0.3 is 5.69 Å². The lowest BCUT2D eigenvalue weighted by molar-refractivity contribution is -0.116. The van der Waals surface area contributed by atoms with Crippen LogP contribution in [0.1, 0.15) is 6.92 Å². The Labute approximate surface area is 103 Å². The molecule has 0 aliphatic rings. The van der Waals surface area contributed by atoms with Gasteiger partial charge in [0, 0.05) is 31.4 Å². The number of ether oxygens (including phenoxy) is 1. The maximum Gasteiger partial charge on any atom is 0.328 e. The highest BCUT2D eigenvalue weighted by Gasteiger charge is 1.98. The zero-order valence-corrected chi connectivity index (χ0v) is 10.0. The first kappa shape index (κ1) is 13.8. The summed E-state index contributed by atoms with van der Waals surface area (Å²) in [6, 6.07) is 1.25. The maximum absolute atomic E-state index is 11.3. The lowest BCUT2D eigenvalue weighted by Crippen LogP contribution is -2.33. The van der Waals surface area contributed by atoms with E-state index in [9.17, 15) is 14.4 Å². The number of H-pyrrole nitrogens is 1. The smallest absolute Gasteiger partial charge is 0.328 e. The van der Waals surface area contributed by atoms with Crippen LogP contribution < -0.4 is 16.6 Å². The van der Waals surface area contributed by atoms with E-state index in [0.717, 1.165) is 0 Å². The molecule has 1 heterocycles. The molecule has 0 radical (unpaired) electrons. The van der Waals surface area contributed by atoms with Gasteiger partial charge in [-0.25, -0.2) is 4.79 Å². The number of hydrogen-bond donors (Lipinski definition) is 2. The van der Waals surface area contributed by atoms with Crippen LogP contribution in [0.4, 0.5) is 0 Å². The Morgan fingerprint density at radius 2 is 2.33 bits per heavy atom. The number of amides is 1. The van der Waals surface area contributed by atoms with Crippen molar-refractivity contribution < 1.29 is 9.53 Å². The van der Waals surface area contributed by atoms with Gasteiger partial charge in [0.05, 0.1) is 12.9 Å².